The second-order valence-electron chi connectivity index (χ2n) is 9.84. The van der Waals surface area contributed by atoms with Gasteiger partial charge in [0.2, 0.25) is 10.0 Å². The molecule has 0 bridgehead atoms. The number of hydrogen-bond donors (Lipinski definition) is 3. The van der Waals surface area contributed by atoms with Gasteiger partial charge in [0.25, 0.3) is 5.91 Å². The Hall–Kier alpha value is -3.53. The molecule has 2 aromatic heterocycles. The monoisotopic (exact) mass is 590 g/mol. The minimum Gasteiger partial charge on any atom is -0.379 e. The van der Waals surface area contributed by atoms with E-state index in [2.05, 4.69) is 30.7 Å². The molecule has 41 heavy (non-hydrogen) atoms. The van der Waals surface area contributed by atoms with Crippen LogP contribution in [0.3, 0.4) is 0 Å². The molecule has 15 heteroatoms. The summed E-state index contributed by atoms with van der Waals surface area (Å²) < 4.78 is 33.7. The zero-order valence-corrected chi connectivity index (χ0v) is 24.1. The van der Waals surface area contributed by atoms with E-state index in [1.807, 2.05) is 12.1 Å². The van der Waals surface area contributed by atoms with Crippen LogP contribution in [0, 0.1) is 0 Å². The summed E-state index contributed by atoms with van der Waals surface area (Å²) in [5.74, 6) is -1.99. The quantitative estimate of drug-likeness (QED) is 0.212. The van der Waals surface area contributed by atoms with Crippen molar-refractivity contribution in [2.24, 2.45) is 7.05 Å². The molecule has 3 amide bonds. The van der Waals surface area contributed by atoms with Crippen LogP contribution >= 0.6 is 0 Å². The summed E-state index contributed by atoms with van der Waals surface area (Å²) in [5.41, 5.74) is 1.33. The lowest BCUT2D eigenvalue weighted by Crippen LogP contribution is -2.47. The maximum atomic E-state index is 12.8. The molecule has 2 aromatic rings. The third-order valence-corrected chi connectivity index (χ3v) is 8.92. The van der Waals surface area contributed by atoms with E-state index < -0.39 is 27.7 Å². The van der Waals surface area contributed by atoms with Crippen molar-refractivity contribution in [3.8, 4) is 0 Å². The largest absolute Gasteiger partial charge is 0.379 e. The van der Waals surface area contributed by atoms with Gasteiger partial charge in [-0.1, -0.05) is 0 Å². The summed E-state index contributed by atoms with van der Waals surface area (Å²) in [6, 6.07) is 5.34. The molecule has 2 saturated heterocycles. The van der Waals surface area contributed by atoms with Gasteiger partial charge in [0, 0.05) is 90.2 Å². The van der Waals surface area contributed by atoms with Crippen molar-refractivity contribution in [3.05, 3.63) is 42.5 Å². The van der Waals surface area contributed by atoms with Crippen LogP contribution in [0.4, 0.5) is 5.69 Å². The number of aromatic nitrogens is 2. The molecule has 0 spiro atoms. The van der Waals surface area contributed by atoms with Crippen molar-refractivity contribution < 1.29 is 27.5 Å². The summed E-state index contributed by atoms with van der Waals surface area (Å²) in [4.78, 5) is 45.5. The van der Waals surface area contributed by atoms with Crippen molar-refractivity contribution in [3.63, 3.8) is 0 Å². The number of carbonyl (C=O) groups is 3. The molecule has 0 radical (unpaired) electrons. The summed E-state index contributed by atoms with van der Waals surface area (Å²) in [7, 11) is -2.14. The van der Waals surface area contributed by atoms with E-state index in [0.29, 0.717) is 19.8 Å². The first kappa shape index (κ1) is 30.4. The summed E-state index contributed by atoms with van der Waals surface area (Å²) in [5, 5.41) is 7.74. The fourth-order valence-corrected chi connectivity index (χ4v) is 6.21. The Labute approximate surface area is 240 Å². The Balaban J connectivity index is 1.09. The minimum absolute atomic E-state index is 0.0317. The molecule has 224 valence electrons. The zero-order chi connectivity index (χ0) is 29.2. The number of pyridine rings is 1. The maximum Gasteiger partial charge on any atom is 0.309 e. The lowest BCUT2D eigenvalue weighted by molar-refractivity contribution is -0.139. The maximum absolute atomic E-state index is 12.8. The number of piperazine rings is 1. The van der Waals surface area contributed by atoms with E-state index in [1.165, 1.54) is 26.8 Å². The van der Waals surface area contributed by atoms with Gasteiger partial charge in [-0.15, -0.1) is 0 Å². The summed E-state index contributed by atoms with van der Waals surface area (Å²) in [6.45, 7) is 6.21. The molecule has 2 fully saturated rings. The second kappa shape index (κ2) is 14.4. The lowest BCUT2D eigenvalue weighted by atomic mass is 10.2. The number of sulfonamides is 1. The molecule has 4 heterocycles. The summed E-state index contributed by atoms with van der Waals surface area (Å²) >= 11 is 0. The Morgan fingerprint density at radius 2 is 1.54 bits per heavy atom. The Kier molecular flexibility index (Phi) is 10.7. The lowest BCUT2D eigenvalue weighted by Gasteiger charge is -2.36. The molecule has 0 unspecified atom stereocenters. The molecule has 4 rings (SSSR count). The van der Waals surface area contributed by atoms with E-state index in [1.54, 1.807) is 19.4 Å². The molecule has 0 saturated carbocycles. The highest BCUT2D eigenvalue weighted by atomic mass is 32.2. The number of nitrogens with one attached hydrogen (secondary N) is 3. The number of anilines is 1. The number of hydrogen-bond acceptors (Lipinski definition) is 9. The van der Waals surface area contributed by atoms with Crippen molar-refractivity contribution in [1.29, 1.82) is 0 Å². The van der Waals surface area contributed by atoms with Gasteiger partial charge < -0.3 is 30.2 Å². The SMILES string of the molecule is Cn1cc(S(=O)(=O)N2CCOCC2)cc1C(=O)NCCNC(=O)C(=O)NCCCN1CCN(c2ccncc2)CC1. The molecule has 0 aromatic carbocycles. The van der Waals surface area contributed by atoms with Gasteiger partial charge in [0.1, 0.15) is 10.6 Å². The highest BCUT2D eigenvalue weighted by Gasteiger charge is 2.29. The van der Waals surface area contributed by atoms with Gasteiger partial charge in [0.05, 0.1) is 13.2 Å². The van der Waals surface area contributed by atoms with Gasteiger partial charge in [-0.05, 0) is 31.2 Å². The van der Waals surface area contributed by atoms with Crippen LogP contribution in [0.25, 0.3) is 0 Å². The van der Waals surface area contributed by atoms with Gasteiger partial charge in [-0.3, -0.25) is 24.3 Å². The molecule has 2 aliphatic rings. The first-order chi connectivity index (χ1) is 19.8. The number of ether oxygens (including phenoxy) is 1. The Morgan fingerprint density at radius 1 is 0.902 bits per heavy atom. The highest BCUT2D eigenvalue weighted by molar-refractivity contribution is 7.89. The van der Waals surface area contributed by atoms with Crippen molar-refractivity contribution in [2.45, 2.75) is 11.3 Å². The Bertz CT molecular complexity index is 1290. The number of aryl methyl sites for hydroxylation is 1. The topological polar surface area (TPSA) is 158 Å². The van der Waals surface area contributed by atoms with Gasteiger partial charge in [-0.2, -0.15) is 4.31 Å². The second-order valence-corrected chi connectivity index (χ2v) is 11.8. The van der Waals surface area contributed by atoms with Crippen LogP contribution < -0.4 is 20.9 Å². The predicted molar refractivity (Wildman–Crippen MR) is 151 cm³/mol. The van der Waals surface area contributed by atoms with E-state index in [9.17, 15) is 22.8 Å². The van der Waals surface area contributed by atoms with E-state index >= 15 is 0 Å². The van der Waals surface area contributed by atoms with Crippen LogP contribution in [0.5, 0.6) is 0 Å². The minimum atomic E-state index is -3.73. The van der Waals surface area contributed by atoms with Crippen LogP contribution in [-0.2, 0) is 31.4 Å². The molecular weight excluding hydrogens is 552 g/mol. The molecule has 14 nitrogen and oxygen atoms in total. The predicted octanol–water partition coefficient (Wildman–Crippen LogP) is -1.38. The van der Waals surface area contributed by atoms with Gasteiger partial charge in [0.15, 0.2) is 0 Å². The fourth-order valence-electron chi connectivity index (χ4n) is 4.73. The van der Waals surface area contributed by atoms with Crippen LogP contribution in [0.15, 0.2) is 41.7 Å². The number of nitrogens with zero attached hydrogens (tertiary/aromatic N) is 5. The number of morpholine rings is 1. The van der Waals surface area contributed by atoms with Crippen LogP contribution in [-0.4, -0.2) is 124 Å². The first-order valence-corrected chi connectivity index (χ1v) is 15.2. The third kappa shape index (κ3) is 8.25. The van der Waals surface area contributed by atoms with E-state index in [-0.39, 0.29) is 36.8 Å². The fraction of sp³-hybridized carbons (Fsp3) is 0.538. The van der Waals surface area contributed by atoms with Crippen molar-refractivity contribution in [2.75, 3.05) is 83.6 Å². The standard InChI is InChI=1S/C26H38N8O6S/c1-31-20-22(41(38,39)34-15-17-40-18-16-34)19-23(31)24(35)29-8-9-30-26(37)25(36)28-5-2-10-32-11-13-33(14-12-32)21-3-6-27-7-4-21/h3-4,6-7,19-20H,2,5,8-18H2,1H3,(H,28,36)(H,29,35)(H,30,37). The number of carbonyl (C=O) groups excluding carboxylic acids is 3. The van der Waals surface area contributed by atoms with E-state index in [4.69, 9.17) is 4.74 Å². The molecule has 0 aliphatic carbocycles. The van der Waals surface area contributed by atoms with Crippen LogP contribution in [0.1, 0.15) is 16.9 Å². The highest BCUT2D eigenvalue weighted by Crippen LogP contribution is 2.19. The average molecular weight is 591 g/mol. The number of rotatable bonds is 11. The molecule has 0 atom stereocenters. The van der Waals surface area contributed by atoms with Crippen LogP contribution in [0.2, 0.25) is 0 Å². The van der Waals surface area contributed by atoms with Gasteiger partial charge in [-0.25, -0.2) is 8.42 Å². The zero-order valence-electron chi connectivity index (χ0n) is 23.3. The molecular formula is C26H38N8O6S. The smallest absolute Gasteiger partial charge is 0.309 e. The third-order valence-electron chi connectivity index (χ3n) is 7.06. The normalized spacial score (nSPS) is 16.8. The molecule has 2 aliphatic heterocycles. The first-order valence-electron chi connectivity index (χ1n) is 13.7. The summed E-state index contributed by atoms with van der Waals surface area (Å²) in [6.07, 6.45) is 5.71. The van der Waals surface area contributed by atoms with Crippen molar-refractivity contribution >= 4 is 33.4 Å². The van der Waals surface area contributed by atoms with Crippen molar-refractivity contribution in [1.82, 2.24) is 34.7 Å². The Morgan fingerprint density at radius 3 is 2.22 bits per heavy atom. The number of amides is 3. The van der Waals surface area contributed by atoms with Gasteiger partial charge >= 0.3 is 11.8 Å². The molecule has 3 N–H and O–H groups in total. The van der Waals surface area contributed by atoms with E-state index in [0.717, 1.165) is 39.1 Å². The average Bonchev–Trinajstić information content (AvgIpc) is 3.41.